The van der Waals surface area contributed by atoms with Gasteiger partial charge in [-0.2, -0.15) is 0 Å². The van der Waals surface area contributed by atoms with Gasteiger partial charge >= 0.3 is 0 Å². The molecule has 0 saturated carbocycles. The van der Waals surface area contributed by atoms with Crippen LogP contribution in [0.3, 0.4) is 0 Å². The molecule has 2 unspecified atom stereocenters. The van der Waals surface area contributed by atoms with Gasteiger partial charge in [0.2, 0.25) is 5.91 Å². The molecule has 2 aliphatic rings. The lowest BCUT2D eigenvalue weighted by molar-refractivity contribution is -0.122. The third-order valence-electron chi connectivity index (χ3n) is 1.58. The first-order valence-corrected chi connectivity index (χ1v) is 4.80. The van der Waals surface area contributed by atoms with Crippen molar-refractivity contribution in [3.8, 4) is 0 Å². The normalized spacial score (nSPS) is 34.6. The van der Waals surface area contributed by atoms with Gasteiger partial charge in [-0.05, 0) is 22.0 Å². The summed E-state index contributed by atoms with van der Waals surface area (Å²) in [7, 11) is 0. The number of amides is 1. The molecule has 2 rings (SSSR count). The molecule has 5 heteroatoms. The van der Waals surface area contributed by atoms with Crippen LogP contribution >= 0.6 is 27.7 Å². The second kappa shape index (κ2) is 2.64. The zero-order valence-electron chi connectivity index (χ0n) is 5.45. The Hall–Kier alpha value is -0.290. The average Bonchev–Trinajstić information content (AvgIpc) is 2.31. The monoisotopic (exact) mass is 232 g/mol. The second-order valence-electron chi connectivity index (χ2n) is 2.29. The largest absolute Gasteiger partial charge is 0.317 e. The predicted molar refractivity (Wildman–Crippen MR) is 48.5 cm³/mol. The number of fused-ring (bicyclic) bond motifs is 1. The molecule has 2 heterocycles. The van der Waals surface area contributed by atoms with Crippen molar-refractivity contribution in [3.05, 3.63) is 9.89 Å². The summed E-state index contributed by atoms with van der Waals surface area (Å²) >= 11 is 4.90. The van der Waals surface area contributed by atoms with Crippen LogP contribution in [0, 0.1) is 5.92 Å². The molecule has 1 amide bonds. The predicted octanol–water partition coefficient (Wildman–Crippen LogP) is 1.07. The van der Waals surface area contributed by atoms with Gasteiger partial charge in [0.1, 0.15) is 5.37 Å². The van der Waals surface area contributed by atoms with E-state index in [0.29, 0.717) is 0 Å². The molecule has 0 spiro atoms. The number of thioether (sulfide) groups is 1. The summed E-state index contributed by atoms with van der Waals surface area (Å²) in [5.41, 5.74) is 0. The summed E-state index contributed by atoms with van der Waals surface area (Å²) in [4.78, 5) is 15.3. The van der Waals surface area contributed by atoms with Crippen molar-refractivity contribution in [2.24, 2.45) is 10.9 Å². The van der Waals surface area contributed by atoms with Crippen LogP contribution < -0.4 is 5.32 Å². The summed E-state index contributed by atoms with van der Waals surface area (Å²) in [5, 5.41) is 2.62. The van der Waals surface area contributed by atoms with Gasteiger partial charge in [0.25, 0.3) is 0 Å². The molecule has 0 aromatic carbocycles. The molecule has 0 fully saturated rings. The Morgan fingerprint density at radius 2 is 2.55 bits per heavy atom. The van der Waals surface area contributed by atoms with Crippen molar-refractivity contribution >= 4 is 39.9 Å². The Bertz CT molecular complexity index is 263. The van der Waals surface area contributed by atoms with Crippen LogP contribution in [-0.2, 0) is 4.79 Å². The molecule has 0 radical (unpaired) electrons. The SMILES string of the molecule is O=C1NC=NC2SC(Br)=CC12. The first-order chi connectivity index (χ1) is 5.27. The number of carbonyl (C=O) groups excluding carboxylic acids is 1. The molecule has 3 nitrogen and oxygen atoms in total. The first kappa shape index (κ1) is 7.36. The summed E-state index contributed by atoms with van der Waals surface area (Å²) in [5.74, 6) is -0.0497. The standard InChI is InChI=1S/C6H5BrN2OS/c7-4-1-3-5(10)8-2-9-6(3)11-4/h1-3,6H,(H,8,9,10). The minimum absolute atomic E-state index is 0.0342. The van der Waals surface area contributed by atoms with E-state index in [9.17, 15) is 4.79 Å². The maximum absolute atomic E-state index is 11.1. The zero-order valence-corrected chi connectivity index (χ0v) is 7.85. The van der Waals surface area contributed by atoms with Gasteiger partial charge in [0, 0.05) is 3.81 Å². The van der Waals surface area contributed by atoms with Crippen molar-refractivity contribution in [1.82, 2.24) is 5.32 Å². The maximum Gasteiger partial charge on any atom is 0.235 e. The molecule has 2 atom stereocenters. The van der Waals surface area contributed by atoms with Crippen molar-refractivity contribution in [2.45, 2.75) is 5.37 Å². The third-order valence-corrected chi connectivity index (χ3v) is 3.42. The Labute approximate surface area is 76.5 Å². The smallest absolute Gasteiger partial charge is 0.235 e. The third kappa shape index (κ3) is 1.22. The molecule has 0 saturated heterocycles. The zero-order chi connectivity index (χ0) is 7.84. The summed E-state index contributed by atoms with van der Waals surface area (Å²) in [6.45, 7) is 0. The number of hydrogen-bond acceptors (Lipinski definition) is 3. The molecule has 0 aliphatic carbocycles. The van der Waals surface area contributed by atoms with E-state index in [1.54, 1.807) is 11.8 Å². The van der Waals surface area contributed by atoms with Crippen molar-refractivity contribution in [2.75, 3.05) is 0 Å². The van der Waals surface area contributed by atoms with E-state index in [2.05, 4.69) is 26.2 Å². The highest BCUT2D eigenvalue weighted by Gasteiger charge is 2.34. The Kier molecular flexibility index (Phi) is 1.77. The van der Waals surface area contributed by atoms with Gasteiger partial charge in [0.05, 0.1) is 12.3 Å². The lowest BCUT2D eigenvalue weighted by Gasteiger charge is -2.16. The highest BCUT2D eigenvalue weighted by molar-refractivity contribution is 9.14. The quantitative estimate of drug-likeness (QED) is 0.679. The van der Waals surface area contributed by atoms with Crippen LogP contribution in [0.25, 0.3) is 0 Å². The lowest BCUT2D eigenvalue weighted by Crippen LogP contribution is -2.36. The van der Waals surface area contributed by atoms with Gasteiger partial charge in [-0.25, -0.2) is 0 Å². The fourth-order valence-corrected chi connectivity index (χ4v) is 2.84. The van der Waals surface area contributed by atoms with E-state index < -0.39 is 0 Å². The average molecular weight is 233 g/mol. The topological polar surface area (TPSA) is 41.5 Å². The Morgan fingerprint density at radius 1 is 1.73 bits per heavy atom. The van der Waals surface area contributed by atoms with E-state index in [-0.39, 0.29) is 17.2 Å². The number of rotatable bonds is 0. The van der Waals surface area contributed by atoms with Crippen LogP contribution in [-0.4, -0.2) is 17.6 Å². The molecule has 2 aliphatic heterocycles. The number of carbonyl (C=O) groups is 1. The second-order valence-corrected chi connectivity index (χ2v) is 4.83. The van der Waals surface area contributed by atoms with Gasteiger partial charge in [-0.1, -0.05) is 11.8 Å². The number of aliphatic imine (C=N–C) groups is 1. The van der Waals surface area contributed by atoms with Crippen molar-refractivity contribution in [1.29, 1.82) is 0 Å². The molecular weight excluding hydrogens is 228 g/mol. The number of nitrogens with zero attached hydrogens (tertiary/aromatic N) is 1. The van der Waals surface area contributed by atoms with Gasteiger partial charge in [0.15, 0.2) is 0 Å². The molecule has 0 aromatic rings. The molecular formula is C6H5BrN2OS. The van der Waals surface area contributed by atoms with E-state index in [1.807, 2.05) is 6.08 Å². The molecule has 11 heavy (non-hydrogen) atoms. The first-order valence-electron chi connectivity index (χ1n) is 3.13. The molecule has 0 bridgehead atoms. The van der Waals surface area contributed by atoms with Crippen molar-refractivity contribution in [3.63, 3.8) is 0 Å². The highest BCUT2D eigenvalue weighted by atomic mass is 79.9. The molecule has 58 valence electrons. The molecule has 1 N–H and O–H groups in total. The maximum atomic E-state index is 11.1. The van der Waals surface area contributed by atoms with Crippen LogP contribution in [0.1, 0.15) is 0 Å². The number of nitrogens with one attached hydrogen (secondary N) is 1. The summed E-state index contributed by atoms with van der Waals surface area (Å²) in [6.07, 6.45) is 3.36. The fraction of sp³-hybridized carbons (Fsp3) is 0.333. The minimum Gasteiger partial charge on any atom is -0.317 e. The Balaban J connectivity index is 2.28. The van der Waals surface area contributed by atoms with E-state index in [0.717, 1.165) is 3.81 Å². The van der Waals surface area contributed by atoms with E-state index >= 15 is 0 Å². The van der Waals surface area contributed by atoms with E-state index in [4.69, 9.17) is 0 Å². The van der Waals surface area contributed by atoms with Crippen molar-refractivity contribution < 1.29 is 4.79 Å². The fourth-order valence-electron chi connectivity index (χ4n) is 1.05. The minimum atomic E-state index is -0.0839. The summed E-state index contributed by atoms with van der Waals surface area (Å²) < 4.78 is 1.00. The van der Waals surface area contributed by atoms with Crippen LogP contribution in [0.4, 0.5) is 0 Å². The van der Waals surface area contributed by atoms with Gasteiger partial charge in [-0.3, -0.25) is 9.79 Å². The van der Waals surface area contributed by atoms with Crippen LogP contribution in [0.5, 0.6) is 0 Å². The number of halogens is 1. The van der Waals surface area contributed by atoms with Crippen LogP contribution in [0.15, 0.2) is 14.9 Å². The lowest BCUT2D eigenvalue weighted by atomic mass is 10.1. The summed E-state index contributed by atoms with van der Waals surface area (Å²) in [6, 6.07) is 0. The van der Waals surface area contributed by atoms with Gasteiger partial charge < -0.3 is 5.32 Å². The Morgan fingerprint density at radius 3 is 3.27 bits per heavy atom. The van der Waals surface area contributed by atoms with Gasteiger partial charge in [-0.15, -0.1) is 0 Å². The molecule has 0 aromatic heterocycles. The number of hydrogen-bond donors (Lipinski definition) is 1. The van der Waals surface area contributed by atoms with Crippen LogP contribution in [0.2, 0.25) is 0 Å². The highest BCUT2D eigenvalue weighted by Crippen LogP contribution is 2.41. The van der Waals surface area contributed by atoms with E-state index in [1.165, 1.54) is 6.34 Å².